The minimum atomic E-state index is 0.0887. The highest BCUT2D eigenvalue weighted by atomic mass is 32.2. The summed E-state index contributed by atoms with van der Waals surface area (Å²) in [5, 5.41) is 9.59. The van der Waals surface area contributed by atoms with Gasteiger partial charge in [0.05, 0.1) is 5.75 Å². The Labute approximate surface area is 175 Å². The van der Waals surface area contributed by atoms with E-state index in [2.05, 4.69) is 51.8 Å². The molecule has 1 aromatic carbocycles. The molecule has 0 radical (unpaired) electrons. The van der Waals surface area contributed by atoms with Crippen molar-refractivity contribution in [3.05, 3.63) is 59.4 Å². The quantitative estimate of drug-likeness (QED) is 0.553. The molecule has 4 rings (SSSR count). The SMILES string of the molecule is Cc1ccc(CN(C)C(=O)CSc2nnc(-c3ccncc3)n2C2CC2)c(C)c1. The number of thioether (sulfide) groups is 1. The van der Waals surface area contributed by atoms with Gasteiger partial charge in [0.15, 0.2) is 11.0 Å². The van der Waals surface area contributed by atoms with E-state index in [1.165, 1.54) is 28.5 Å². The molecular weight excluding hydrogens is 382 g/mol. The van der Waals surface area contributed by atoms with Crippen molar-refractivity contribution in [1.29, 1.82) is 0 Å². The highest BCUT2D eigenvalue weighted by molar-refractivity contribution is 7.99. The van der Waals surface area contributed by atoms with Gasteiger partial charge >= 0.3 is 0 Å². The molecule has 3 aromatic rings. The Kier molecular flexibility index (Phi) is 5.67. The van der Waals surface area contributed by atoms with E-state index in [1.807, 2.05) is 19.2 Å². The minimum absolute atomic E-state index is 0.0887. The summed E-state index contributed by atoms with van der Waals surface area (Å²) in [5.41, 5.74) is 4.63. The number of hydrogen-bond donors (Lipinski definition) is 0. The van der Waals surface area contributed by atoms with Gasteiger partial charge in [0.1, 0.15) is 0 Å². The van der Waals surface area contributed by atoms with E-state index in [0.29, 0.717) is 18.3 Å². The highest BCUT2D eigenvalue weighted by Crippen LogP contribution is 2.41. The van der Waals surface area contributed by atoms with Crippen molar-refractivity contribution >= 4 is 17.7 Å². The van der Waals surface area contributed by atoms with Crippen molar-refractivity contribution in [2.75, 3.05) is 12.8 Å². The van der Waals surface area contributed by atoms with Gasteiger partial charge in [-0.15, -0.1) is 10.2 Å². The van der Waals surface area contributed by atoms with Crippen LogP contribution in [0.25, 0.3) is 11.4 Å². The lowest BCUT2D eigenvalue weighted by Crippen LogP contribution is -2.28. The molecular formula is C22H25N5OS. The van der Waals surface area contributed by atoms with Crippen LogP contribution in [0.5, 0.6) is 0 Å². The number of carbonyl (C=O) groups excluding carboxylic acids is 1. The van der Waals surface area contributed by atoms with Gasteiger partial charge in [-0.3, -0.25) is 14.3 Å². The summed E-state index contributed by atoms with van der Waals surface area (Å²) in [5.74, 6) is 1.29. The number of hydrogen-bond acceptors (Lipinski definition) is 5. The van der Waals surface area contributed by atoms with Crippen LogP contribution in [0.15, 0.2) is 47.9 Å². The van der Waals surface area contributed by atoms with E-state index in [9.17, 15) is 4.79 Å². The van der Waals surface area contributed by atoms with Gasteiger partial charge in [-0.1, -0.05) is 35.5 Å². The summed E-state index contributed by atoms with van der Waals surface area (Å²) in [6.07, 6.45) is 5.79. The lowest BCUT2D eigenvalue weighted by Gasteiger charge is -2.18. The van der Waals surface area contributed by atoms with Crippen molar-refractivity contribution in [2.24, 2.45) is 0 Å². The summed E-state index contributed by atoms with van der Waals surface area (Å²) < 4.78 is 2.18. The first-order valence-electron chi connectivity index (χ1n) is 9.81. The number of nitrogens with zero attached hydrogens (tertiary/aromatic N) is 5. The van der Waals surface area contributed by atoms with E-state index < -0.39 is 0 Å². The molecule has 7 heteroatoms. The highest BCUT2D eigenvalue weighted by Gasteiger charge is 2.30. The molecule has 150 valence electrons. The largest absolute Gasteiger partial charge is 0.341 e. The standard InChI is InChI=1S/C22H25N5OS/c1-15-4-5-18(16(2)12-15)13-26(3)20(28)14-29-22-25-24-21(27(22)19-6-7-19)17-8-10-23-11-9-17/h4-5,8-12,19H,6-7,13-14H2,1-3H3. The van der Waals surface area contributed by atoms with Crippen LogP contribution in [0, 0.1) is 13.8 Å². The van der Waals surface area contributed by atoms with Crippen molar-refractivity contribution in [2.45, 2.75) is 44.4 Å². The number of pyridine rings is 1. The van der Waals surface area contributed by atoms with Crippen molar-refractivity contribution in [1.82, 2.24) is 24.6 Å². The molecule has 2 heterocycles. The van der Waals surface area contributed by atoms with E-state index in [-0.39, 0.29) is 5.91 Å². The molecule has 0 spiro atoms. The predicted octanol–water partition coefficient (Wildman–Crippen LogP) is 4.04. The lowest BCUT2D eigenvalue weighted by atomic mass is 10.1. The number of benzene rings is 1. The van der Waals surface area contributed by atoms with Crippen molar-refractivity contribution < 1.29 is 4.79 Å². The zero-order chi connectivity index (χ0) is 20.4. The Hall–Kier alpha value is -2.67. The maximum Gasteiger partial charge on any atom is 0.233 e. The van der Waals surface area contributed by atoms with Crippen LogP contribution in [-0.2, 0) is 11.3 Å². The van der Waals surface area contributed by atoms with Gasteiger partial charge in [-0.25, -0.2) is 0 Å². The second-order valence-electron chi connectivity index (χ2n) is 7.61. The van der Waals surface area contributed by atoms with Crippen molar-refractivity contribution in [3.8, 4) is 11.4 Å². The Bertz CT molecular complexity index is 1010. The number of carbonyl (C=O) groups is 1. The number of amides is 1. The maximum absolute atomic E-state index is 12.7. The first kappa shape index (κ1) is 19.6. The minimum Gasteiger partial charge on any atom is -0.341 e. The Morgan fingerprint density at radius 1 is 1.17 bits per heavy atom. The molecule has 0 unspecified atom stereocenters. The summed E-state index contributed by atoms with van der Waals surface area (Å²) >= 11 is 1.47. The van der Waals surface area contributed by atoms with Gasteiger partial charge < -0.3 is 4.90 Å². The third kappa shape index (κ3) is 4.50. The smallest absolute Gasteiger partial charge is 0.233 e. The maximum atomic E-state index is 12.7. The second kappa shape index (κ2) is 8.37. The van der Waals surface area contributed by atoms with Crippen LogP contribution in [-0.4, -0.2) is 43.4 Å². The second-order valence-corrected chi connectivity index (χ2v) is 8.55. The molecule has 29 heavy (non-hydrogen) atoms. The zero-order valence-corrected chi connectivity index (χ0v) is 17.8. The first-order chi connectivity index (χ1) is 14.0. The van der Waals surface area contributed by atoms with E-state index in [4.69, 9.17) is 0 Å². The Morgan fingerprint density at radius 3 is 2.62 bits per heavy atom. The molecule has 1 fully saturated rings. The van der Waals surface area contributed by atoms with Gasteiger partial charge in [-0.05, 0) is 49.9 Å². The molecule has 1 aliphatic carbocycles. The molecule has 1 saturated carbocycles. The average Bonchev–Trinajstić information content (AvgIpc) is 3.47. The van der Waals surface area contributed by atoms with Crippen LogP contribution in [0.1, 0.15) is 35.6 Å². The molecule has 0 N–H and O–H groups in total. The molecule has 0 atom stereocenters. The third-order valence-corrected chi connectivity index (χ3v) is 6.10. The van der Waals surface area contributed by atoms with E-state index in [1.54, 1.807) is 17.3 Å². The Balaban J connectivity index is 1.43. The molecule has 1 amide bonds. The fraction of sp³-hybridized carbons (Fsp3) is 0.364. The van der Waals surface area contributed by atoms with E-state index >= 15 is 0 Å². The third-order valence-electron chi connectivity index (χ3n) is 5.17. The molecule has 0 bridgehead atoms. The Morgan fingerprint density at radius 2 is 1.93 bits per heavy atom. The lowest BCUT2D eigenvalue weighted by molar-refractivity contribution is -0.127. The average molecular weight is 408 g/mol. The first-order valence-corrected chi connectivity index (χ1v) is 10.8. The summed E-state index contributed by atoms with van der Waals surface area (Å²) in [6, 6.07) is 10.7. The van der Waals surface area contributed by atoms with E-state index in [0.717, 1.165) is 29.4 Å². The fourth-order valence-corrected chi connectivity index (χ4v) is 4.28. The molecule has 0 saturated heterocycles. The monoisotopic (exact) mass is 407 g/mol. The van der Waals surface area contributed by atoms with Gasteiger partial charge in [0.25, 0.3) is 0 Å². The molecule has 0 aliphatic heterocycles. The van der Waals surface area contributed by atoms with Gasteiger partial charge in [0.2, 0.25) is 5.91 Å². The predicted molar refractivity (Wildman–Crippen MR) is 115 cm³/mol. The molecule has 2 aromatic heterocycles. The van der Waals surface area contributed by atoms with Crippen LogP contribution in [0.4, 0.5) is 0 Å². The number of rotatable bonds is 7. The number of aromatic nitrogens is 4. The fourth-order valence-electron chi connectivity index (χ4n) is 3.34. The topological polar surface area (TPSA) is 63.9 Å². The van der Waals surface area contributed by atoms with Crippen LogP contribution in [0.3, 0.4) is 0 Å². The summed E-state index contributed by atoms with van der Waals surface area (Å²) in [7, 11) is 1.86. The van der Waals surface area contributed by atoms with Crippen molar-refractivity contribution in [3.63, 3.8) is 0 Å². The summed E-state index contributed by atoms with van der Waals surface area (Å²) in [6.45, 7) is 4.79. The molecule has 1 aliphatic rings. The number of aryl methyl sites for hydroxylation is 2. The van der Waals surface area contributed by atoms with Crippen LogP contribution < -0.4 is 0 Å². The zero-order valence-electron chi connectivity index (χ0n) is 17.0. The van der Waals surface area contributed by atoms with Gasteiger partial charge in [-0.2, -0.15) is 0 Å². The van der Waals surface area contributed by atoms with Crippen LogP contribution in [0.2, 0.25) is 0 Å². The molecule has 6 nitrogen and oxygen atoms in total. The summed E-state index contributed by atoms with van der Waals surface area (Å²) in [4.78, 5) is 18.6. The van der Waals surface area contributed by atoms with Crippen LogP contribution >= 0.6 is 11.8 Å². The normalized spacial score (nSPS) is 13.5. The van der Waals surface area contributed by atoms with Gasteiger partial charge in [0, 0.05) is 37.6 Å².